The van der Waals surface area contributed by atoms with Gasteiger partial charge in [-0.3, -0.25) is 0 Å². The van der Waals surface area contributed by atoms with E-state index in [1.54, 1.807) is 12.1 Å². The number of carbonyl (C=O) groups is 1. The molecular formula is C32H32N4O4S. The summed E-state index contributed by atoms with van der Waals surface area (Å²) in [5.74, 6) is -0.420. The van der Waals surface area contributed by atoms with Crippen molar-refractivity contribution in [2.45, 2.75) is 41.4 Å². The molecule has 1 aromatic heterocycles. The number of likely N-dealkylation sites (tertiary alicyclic amines) is 1. The number of sulfone groups is 1. The maximum Gasteiger partial charge on any atom is 0.335 e. The third-order valence-corrected chi connectivity index (χ3v) is 9.80. The quantitative estimate of drug-likeness (QED) is 0.263. The number of aromatic carboxylic acids is 1. The zero-order chi connectivity index (χ0) is 28.4. The van der Waals surface area contributed by atoms with Gasteiger partial charge in [-0.2, -0.15) is 0 Å². The number of rotatable bonds is 9. The van der Waals surface area contributed by atoms with E-state index in [0.717, 1.165) is 47.5 Å². The van der Waals surface area contributed by atoms with Gasteiger partial charge >= 0.3 is 5.97 Å². The molecule has 1 aliphatic carbocycles. The molecule has 1 atom stereocenters. The van der Waals surface area contributed by atoms with E-state index < -0.39 is 15.8 Å². The van der Waals surface area contributed by atoms with E-state index in [2.05, 4.69) is 27.3 Å². The fourth-order valence-corrected chi connectivity index (χ4v) is 7.08. The van der Waals surface area contributed by atoms with Crippen LogP contribution in [0, 0.1) is 0 Å². The van der Waals surface area contributed by atoms with E-state index in [1.165, 1.54) is 50.2 Å². The molecule has 2 heterocycles. The Morgan fingerprint density at radius 1 is 0.951 bits per heavy atom. The molecule has 4 aromatic rings. The van der Waals surface area contributed by atoms with E-state index in [9.17, 15) is 13.2 Å². The van der Waals surface area contributed by atoms with Crippen LogP contribution in [-0.4, -0.2) is 60.5 Å². The number of fused-ring (bicyclic) bond motifs is 3. The molecule has 0 radical (unpaired) electrons. The van der Waals surface area contributed by atoms with Crippen LogP contribution in [0.2, 0.25) is 0 Å². The second-order valence-electron chi connectivity index (χ2n) is 10.6. The molecule has 2 aliphatic rings. The van der Waals surface area contributed by atoms with Crippen molar-refractivity contribution in [2.75, 3.05) is 31.5 Å². The van der Waals surface area contributed by atoms with E-state index in [-0.39, 0.29) is 21.3 Å². The minimum Gasteiger partial charge on any atom is -0.478 e. The molecule has 2 N–H and O–H groups in total. The summed E-state index contributed by atoms with van der Waals surface area (Å²) in [7, 11) is -3.78. The standard InChI is InChI=1S/C32H32N4O4S/c37-31(38)23-10-14-26(15-11-23)41(39,40)25-12-8-22(9-13-25)29-20-24-21-34-32(33-16-5-19-36-17-3-4-18-36)35-30(24)28-7-2-1-6-27(28)29/h1-2,6-15,21,29H,3-5,16-20H2,(H,37,38)(H,33,34,35). The summed E-state index contributed by atoms with van der Waals surface area (Å²) in [4.78, 5) is 23.4. The summed E-state index contributed by atoms with van der Waals surface area (Å²) in [5.41, 5.74) is 5.27. The maximum atomic E-state index is 13.2. The van der Waals surface area contributed by atoms with Gasteiger partial charge in [-0.1, -0.05) is 36.4 Å². The largest absolute Gasteiger partial charge is 0.478 e. The third-order valence-electron chi connectivity index (χ3n) is 8.02. The molecule has 8 nitrogen and oxygen atoms in total. The predicted molar refractivity (Wildman–Crippen MR) is 157 cm³/mol. The van der Waals surface area contributed by atoms with Gasteiger partial charge in [-0.15, -0.1) is 0 Å². The molecule has 9 heteroatoms. The van der Waals surface area contributed by atoms with Crippen molar-refractivity contribution in [1.29, 1.82) is 0 Å². The Morgan fingerprint density at radius 2 is 1.63 bits per heavy atom. The minimum absolute atomic E-state index is 0.0353. The zero-order valence-electron chi connectivity index (χ0n) is 22.7. The normalized spacial score (nSPS) is 16.6. The molecule has 1 aliphatic heterocycles. The van der Waals surface area contributed by atoms with Gasteiger partial charge in [0, 0.05) is 24.2 Å². The zero-order valence-corrected chi connectivity index (χ0v) is 23.5. The lowest BCUT2D eigenvalue weighted by Gasteiger charge is -2.27. The Bertz CT molecular complexity index is 1670. The van der Waals surface area contributed by atoms with Crippen LogP contribution in [0.25, 0.3) is 11.3 Å². The summed E-state index contributed by atoms with van der Waals surface area (Å²) >= 11 is 0. The van der Waals surface area contributed by atoms with Gasteiger partial charge in [-0.25, -0.2) is 23.2 Å². The molecule has 3 aromatic carbocycles. The highest BCUT2D eigenvalue weighted by Gasteiger charge is 2.28. The molecule has 1 fully saturated rings. The van der Waals surface area contributed by atoms with E-state index in [0.29, 0.717) is 12.4 Å². The number of anilines is 1. The van der Waals surface area contributed by atoms with Gasteiger partial charge in [0.15, 0.2) is 0 Å². The lowest BCUT2D eigenvalue weighted by molar-refractivity contribution is 0.0696. The Morgan fingerprint density at radius 3 is 2.34 bits per heavy atom. The Kier molecular flexibility index (Phi) is 7.55. The lowest BCUT2D eigenvalue weighted by atomic mass is 9.78. The number of carboxylic acids is 1. The van der Waals surface area contributed by atoms with Crippen molar-refractivity contribution in [3.63, 3.8) is 0 Å². The van der Waals surface area contributed by atoms with Crippen LogP contribution in [-0.2, 0) is 16.3 Å². The first-order valence-electron chi connectivity index (χ1n) is 14.0. The van der Waals surface area contributed by atoms with Crippen LogP contribution in [0.1, 0.15) is 52.2 Å². The summed E-state index contributed by atoms with van der Waals surface area (Å²) in [6.45, 7) is 4.33. The number of hydrogen-bond acceptors (Lipinski definition) is 7. The van der Waals surface area contributed by atoms with E-state index in [4.69, 9.17) is 10.1 Å². The lowest BCUT2D eigenvalue weighted by Crippen LogP contribution is -2.22. The molecule has 1 unspecified atom stereocenters. The molecule has 0 saturated carbocycles. The first kappa shape index (κ1) is 27.1. The van der Waals surface area contributed by atoms with Crippen LogP contribution < -0.4 is 5.32 Å². The predicted octanol–water partition coefficient (Wildman–Crippen LogP) is 5.26. The van der Waals surface area contributed by atoms with Crippen molar-refractivity contribution >= 4 is 21.8 Å². The number of hydrogen-bond donors (Lipinski definition) is 2. The van der Waals surface area contributed by atoms with Gasteiger partial charge in [-0.05, 0) is 98.4 Å². The second kappa shape index (κ2) is 11.4. The molecule has 0 amide bonds. The van der Waals surface area contributed by atoms with Crippen molar-refractivity contribution in [2.24, 2.45) is 0 Å². The highest BCUT2D eigenvalue weighted by molar-refractivity contribution is 7.91. The van der Waals surface area contributed by atoms with Gasteiger partial charge < -0.3 is 15.3 Å². The van der Waals surface area contributed by atoms with E-state index >= 15 is 0 Å². The van der Waals surface area contributed by atoms with Gasteiger partial charge in [0.1, 0.15) is 0 Å². The van der Waals surface area contributed by atoms with Crippen LogP contribution in [0.3, 0.4) is 0 Å². The summed E-state index contributed by atoms with van der Waals surface area (Å²) in [6.07, 6.45) is 6.28. The molecular weight excluding hydrogens is 536 g/mol. The van der Waals surface area contributed by atoms with Gasteiger partial charge in [0.25, 0.3) is 0 Å². The van der Waals surface area contributed by atoms with Crippen molar-refractivity contribution in [3.8, 4) is 11.3 Å². The smallest absolute Gasteiger partial charge is 0.335 e. The van der Waals surface area contributed by atoms with Gasteiger partial charge in [0.05, 0.1) is 21.0 Å². The number of carboxylic acid groups (broad SMARTS) is 1. The maximum absolute atomic E-state index is 13.2. The molecule has 6 rings (SSSR count). The summed E-state index contributed by atoms with van der Waals surface area (Å²) in [5, 5.41) is 12.5. The molecule has 0 bridgehead atoms. The number of benzene rings is 3. The highest BCUT2D eigenvalue weighted by atomic mass is 32.2. The van der Waals surface area contributed by atoms with Crippen LogP contribution >= 0.6 is 0 Å². The second-order valence-corrected chi connectivity index (χ2v) is 12.6. The molecule has 0 spiro atoms. The average molecular weight is 569 g/mol. The number of aromatic nitrogens is 2. The topological polar surface area (TPSA) is 112 Å². The highest BCUT2D eigenvalue weighted by Crippen LogP contribution is 2.42. The van der Waals surface area contributed by atoms with E-state index in [1.807, 2.05) is 30.5 Å². The van der Waals surface area contributed by atoms with Crippen LogP contribution in [0.5, 0.6) is 0 Å². The molecule has 1 saturated heterocycles. The Hall–Kier alpha value is -4.08. The average Bonchev–Trinajstić information content (AvgIpc) is 3.53. The van der Waals surface area contributed by atoms with Crippen molar-refractivity contribution in [3.05, 3.63) is 101 Å². The fraction of sp³-hybridized carbons (Fsp3) is 0.281. The first-order chi connectivity index (χ1) is 19.9. The van der Waals surface area contributed by atoms with Crippen LogP contribution in [0.15, 0.2) is 88.8 Å². The summed E-state index contributed by atoms with van der Waals surface area (Å²) in [6, 6.07) is 20.5. The number of nitrogens with one attached hydrogen (secondary N) is 1. The Balaban J connectivity index is 1.20. The fourth-order valence-electron chi connectivity index (χ4n) is 5.82. The Labute approximate surface area is 240 Å². The van der Waals surface area contributed by atoms with Crippen LogP contribution in [0.4, 0.5) is 5.95 Å². The summed E-state index contributed by atoms with van der Waals surface area (Å²) < 4.78 is 26.4. The van der Waals surface area contributed by atoms with Crippen molar-refractivity contribution in [1.82, 2.24) is 14.9 Å². The number of nitrogens with zero attached hydrogens (tertiary/aromatic N) is 3. The van der Waals surface area contributed by atoms with Crippen molar-refractivity contribution < 1.29 is 18.3 Å². The molecule has 210 valence electrons. The monoisotopic (exact) mass is 568 g/mol. The minimum atomic E-state index is -3.78. The SMILES string of the molecule is O=C(O)c1ccc(S(=O)(=O)c2ccc(C3Cc4cnc(NCCCN5CCCC5)nc4-c4ccccc43)cc2)cc1. The van der Waals surface area contributed by atoms with Gasteiger partial charge in [0.2, 0.25) is 15.8 Å². The first-order valence-corrected chi connectivity index (χ1v) is 15.5. The molecule has 41 heavy (non-hydrogen) atoms. The third kappa shape index (κ3) is 5.60.